The van der Waals surface area contributed by atoms with E-state index in [4.69, 9.17) is 18.0 Å². The molecule has 0 radical (unpaired) electrons. The molecule has 1 aromatic heterocycles. The van der Waals surface area contributed by atoms with Gasteiger partial charge in [0.25, 0.3) is 0 Å². The number of nitrogens with zero attached hydrogens (tertiary/aromatic N) is 2. The maximum atomic E-state index is 5.54. The van der Waals surface area contributed by atoms with Crippen molar-refractivity contribution in [2.75, 3.05) is 18.5 Å². The Morgan fingerprint density at radius 1 is 1.39 bits per heavy atom. The summed E-state index contributed by atoms with van der Waals surface area (Å²) in [5.74, 6) is 0.832. The van der Waals surface area contributed by atoms with Crippen LogP contribution in [0.25, 0.3) is 0 Å². The largest absolute Gasteiger partial charge is 0.388 e. The highest BCUT2D eigenvalue weighted by atomic mass is 32.1. The SMILES string of the molecule is CN(CC1CCCCC1)c1ccc(C(N)=S)nc1. The Morgan fingerprint density at radius 3 is 2.67 bits per heavy atom. The predicted molar refractivity (Wildman–Crippen MR) is 80.0 cm³/mol. The molecular weight excluding hydrogens is 242 g/mol. The molecule has 0 bridgehead atoms. The highest BCUT2D eigenvalue weighted by Gasteiger charge is 2.15. The first-order valence-electron chi connectivity index (χ1n) is 6.64. The van der Waals surface area contributed by atoms with Crippen LogP contribution in [0.1, 0.15) is 37.8 Å². The molecule has 0 spiro atoms. The Morgan fingerprint density at radius 2 is 2.11 bits per heavy atom. The highest BCUT2D eigenvalue weighted by Crippen LogP contribution is 2.25. The van der Waals surface area contributed by atoms with Crippen molar-refractivity contribution in [1.82, 2.24) is 4.98 Å². The summed E-state index contributed by atoms with van der Waals surface area (Å²) in [5, 5.41) is 0. The minimum Gasteiger partial charge on any atom is -0.388 e. The van der Waals surface area contributed by atoms with E-state index in [1.54, 1.807) is 0 Å². The fraction of sp³-hybridized carbons (Fsp3) is 0.571. The molecule has 0 unspecified atom stereocenters. The number of anilines is 1. The van der Waals surface area contributed by atoms with E-state index in [1.807, 2.05) is 18.3 Å². The molecule has 3 nitrogen and oxygen atoms in total. The maximum absolute atomic E-state index is 5.54. The zero-order valence-corrected chi connectivity index (χ0v) is 11.7. The van der Waals surface area contributed by atoms with Gasteiger partial charge < -0.3 is 10.6 Å². The van der Waals surface area contributed by atoms with Crippen molar-refractivity contribution in [3.63, 3.8) is 0 Å². The lowest BCUT2D eigenvalue weighted by atomic mass is 9.89. The van der Waals surface area contributed by atoms with Crippen molar-refractivity contribution in [1.29, 1.82) is 0 Å². The van der Waals surface area contributed by atoms with Crippen LogP contribution in [0.15, 0.2) is 18.3 Å². The second-order valence-corrected chi connectivity index (χ2v) is 5.59. The number of hydrogen-bond donors (Lipinski definition) is 1. The van der Waals surface area contributed by atoms with Gasteiger partial charge in [-0.2, -0.15) is 0 Å². The van der Waals surface area contributed by atoms with E-state index in [9.17, 15) is 0 Å². The quantitative estimate of drug-likeness (QED) is 0.848. The topological polar surface area (TPSA) is 42.1 Å². The Balaban J connectivity index is 1.95. The van der Waals surface area contributed by atoms with Gasteiger partial charge in [0, 0.05) is 13.6 Å². The van der Waals surface area contributed by atoms with Crippen molar-refractivity contribution >= 4 is 22.9 Å². The zero-order chi connectivity index (χ0) is 13.0. The van der Waals surface area contributed by atoms with Gasteiger partial charge in [-0.25, -0.2) is 0 Å². The lowest BCUT2D eigenvalue weighted by Crippen LogP contribution is -2.27. The number of thiocarbonyl (C=S) groups is 1. The lowest BCUT2D eigenvalue weighted by Gasteiger charge is -2.28. The van der Waals surface area contributed by atoms with Gasteiger partial charge in [0.15, 0.2) is 0 Å². The van der Waals surface area contributed by atoms with Crippen LogP contribution in [-0.4, -0.2) is 23.6 Å². The van der Waals surface area contributed by atoms with Crippen LogP contribution in [0.5, 0.6) is 0 Å². The molecule has 2 rings (SSSR count). The standard InChI is InChI=1S/C14H21N3S/c1-17(10-11-5-3-2-4-6-11)12-7-8-13(14(15)18)16-9-12/h7-9,11H,2-6,10H2,1H3,(H2,15,18). The van der Waals surface area contributed by atoms with Gasteiger partial charge in [0.2, 0.25) is 0 Å². The van der Waals surface area contributed by atoms with Crippen molar-refractivity contribution in [3.05, 3.63) is 24.0 Å². The van der Waals surface area contributed by atoms with E-state index in [-0.39, 0.29) is 0 Å². The monoisotopic (exact) mass is 263 g/mol. The summed E-state index contributed by atoms with van der Waals surface area (Å²) in [5.41, 5.74) is 7.38. The second-order valence-electron chi connectivity index (χ2n) is 5.15. The fourth-order valence-electron chi connectivity index (χ4n) is 2.62. The third-order valence-electron chi connectivity index (χ3n) is 3.70. The Bertz CT molecular complexity index is 396. The smallest absolute Gasteiger partial charge is 0.122 e. The molecular formula is C14H21N3S. The van der Waals surface area contributed by atoms with Crippen LogP contribution in [0.4, 0.5) is 5.69 Å². The molecule has 0 aliphatic heterocycles. The predicted octanol–water partition coefficient (Wildman–Crippen LogP) is 2.73. The number of aromatic nitrogens is 1. The van der Waals surface area contributed by atoms with Gasteiger partial charge in [0.1, 0.15) is 4.99 Å². The first-order chi connectivity index (χ1) is 8.66. The molecule has 0 saturated heterocycles. The molecule has 1 aliphatic rings. The molecule has 98 valence electrons. The van der Waals surface area contributed by atoms with Gasteiger partial charge in [-0.1, -0.05) is 31.5 Å². The minimum atomic E-state index is 0.358. The Labute approximate surface area is 114 Å². The zero-order valence-electron chi connectivity index (χ0n) is 10.9. The summed E-state index contributed by atoms with van der Waals surface area (Å²) in [4.78, 5) is 6.93. The van der Waals surface area contributed by atoms with Crippen molar-refractivity contribution < 1.29 is 0 Å². The van der Waals surface area contributed by atoms with Crippen LogP contribution in [0.2, 0.25) is 0 Å². The maximum Gasteiger partial charge on any atom is 0.122 e. The normalized spacial score (nSPS) is 16.5. The van der Waals surface area contributed by atoms with Gasteiger partial charge >= 0.3 is 0 Å². The summed E-state index contributed by atoms with van der Waals surface area (Å²) in [6, 6.07) is 3.94. The molecule has 4 heteroatoms. The Kier molecular flexibility index (Phi) is 4.53. The molecule has 1 heterocycles. The van der Waals surface area contributed by atoms with Crippen LogP contribution in [0, 0.1) is 5.92 Å². The summed E-state index contributed by atoms with van der Waals surface area (Å²) >= 11 is 4.90. The average Bonchev–Trinajstić information content (AvgIpc) is 2.40. The molecule has 0 aromatic carbocycles. The number of pyridine rings is 1. The van der Waals surface area contributed by atoms with Gasteiger partial charge in [-0.15, -0.1) is 0 Å². The first-order valence-corrected chi connectivity index (χ1v) is 7.04. The molecule has 1 saturated carbocycles. The average molecular weight is 263 g/mol. The fourth-order valence-corrected chi connectivity index (χ4v) is 2.74. The third-order valence-corrected chi connectivity index (χ3v) is 3.91. The summed E-state index contributed by atoms with van der Waals surface area (Å²) in [7, 11) is 2.13. The second kappa shape index (κ2) is 6.14. The van der Waals surface area contributed by atoms with Crippen LogP contribution < -0.4 is 10.6 Å². The van der Waals surface area contributed by atoms with Crippen LogP contribution in [0.3, 0.4) is 0 Å². The van der Waals surface area contributed by atoms with Gasteiger partial charge in [0.05, 0.1) is 17.6 Å². The third kappa shape index (κ3) is 3.42. The molecule has 0 atom stereocenters. The van der Waals surface area contributed by atoms with E-state index in [1.165, 1.54) is 32.1 Å². The van der Waals surface area contributed by atoms with E-state index >= 15 is 0 Å². The summed E-state index contributed by atoms with van der Waals surface area (Å²) in [6.07, 6.45) is 8.77. The molecule has 2 N–H and O–H groups in total. The lowest BCUT2D eigenvalue weighted by molar-refractivity contribution is 0.362. The van der Waals surface area contributed by atoms with E-state index in [0.717, 1.165) is 18.2 Å². The van der Waals surface area contributed by atoms with E-state index in [2.05, 4.69) is 16.9 Å². The van der Waals surface area contributed by atoms with Crippen molar-refractivity contribution in [2.45, 2.75) is 32.1 Å². The van der Waals surface area contributed by atoms with Crippen molar-refractivity contribution in [3.8, 4) is 0 Å². The number of rotatable bonds is 4. The number of hydrogen-bond acceptors (Lipinski definition) is 3. The molecule has 1 aromatic rings. The first kappa shape index (κ1) is 13.3. The van der Waals surface area contributed by atoms with E-state index in [0.29, 0.717) is 10.7 Å². The highest BCUT2D eigenvalue weighted by molar-refractivity contribution is 7.80. The van der Waals surface area contributed by atoms with Crippen LogP contribution >= 0.6 is 12.2 Å². The van der Waals surface area contributed by atoms with Crippen molar-refractivity contribution in [2.24, 2.45) is 11.7 Å². The molecule has 18 heavy (non-hydrogen) atoms. The Hall–Kier alpha value is -1.16. The summed E-state index contributed by atoms with van der Waals surface area (Å²) < 4.78 is 0. The molecule has 1 aliphatic carbocycles. The minimum absolute atomic E-state index is 0.358. The van der Waals surface area contributed by atoms with Crippen LogP contribution in [-0.2, 0) is 0 Å². The number of nitrogens with two attached hydrogens (primary N) is 1. The van der Waals surface area contributed by atoms with Gasteiger partial charge in [-0.05, 0) is 30.9 Å². The van der Waals surface area contributed by atoms with E-state index < -0.39 is 0 Å². The molecule has 0 amide bonds. The molecule has 1 fully saturated rings. The van der Waals surface area contributed by atoms with Gasteiger partial charge in [-0.3, -0.25) is 4.98 Å². The summed E-state index contributed by atoms with van der Waals surface area (Å²) in [6.45, 7) is 1.12.